The Kier molecular flexibility index (Phi) is 4.42. The van der Waals surface area contributed by atoms with Crippen LogP contribution in [-0.4, -0.2) is 18.8 Å². The van der Waals surface area contributed by atoms with E-state index in [1.165, 1.54) is 0 Å². The minimum Gasteiger partial charge on any atom is -0.495 e. The second kappa shape index (κ2) is 5.62. The second-order valence-corrected chi connectivity index (χ2v) is 4.93. The van der Waals surface area contributed by atoms with Gasteiger partial charge in [-0.2, -0.15) is 0 Å². The number of ether oxygens (including phenoxy) is 2. The second-order valence-electron chi connectivity index (χ2n) is 4.93. The Labute approximate surface area is 107 Å². The van der Waals surface area contributed by atoms with Crippen molar-refractivity contribution in [2.45, 2.75) is 32.9 Å². The fourth-order valence-corrected chi connectivity index (χ4v) is 1.35. The molecular weight excluding hydrogens is 232 g/mol. The molecule has 18 heavy (non-hydrogen) atoms. The number of hydrogen-bond donors (Lipinski definition) is 2. The maximum absolute atomic E-state index is 11.5. The largest absolute Gasteiger partial charge is 0.495 e. The lowest BCUT2D eigenvalue weighted by molar-refractivity contribution is 0.0523. The zero-order chi connectivity index (χ0) is 13.8. The van der Waals surface area contributed by atoms with Crippen LogP contribution in [0.1, 0.15) is 26.3 Å². The number of carbonyl (C=O) groups is 1. The molecule has 100 valence electrons. The third kappa shape index (κ3) is 4.53. The number of alkyl carbamates (subject to hydrolysis) is 1. The molecule has 0 atom stereocenters. The van der Waals surface area contributed by atoms with Gasteiger partial charge in [-0.25, -0.2) is 4.79 Å². The van der Waals surface area contributed by atoms with Crippen LogP contribution in [0.5, 0.6) is 5.75 Å². The first-order valence-electron chi connectivity index (χ1n) is 5.71. The van der Waals surface area contributed by atoms with Crippen molar-refractivity contribution in [2.75, 3.05) is 12.8 Å². The summed E-state index contributed by atoms with van der Waals surface area (Å²) >= 11 is 0. The van der Waals surface area contributed by atoms with E-state index >= 15 is 0 Å². The van der Waals surface area contributed by atoms with Gasteiger partial charge in [0.25, 0.3) is 0 Å². The molecule has 0 spiro atoms. The molecule has 0 aromatic heterocycles. The number of nitrogen functional groups attached to an aromatic ring is 1. The molecule has 0 heterocycles. The highest BCUT2D eigenvalue weighted by molar-refractivity contribution is 5.67. The maximum Gasteiger partial charge on any atom is 0.407 e. The minimum atomic E-state index is -0.497. The number of carbonyl (C=O) groups excluding carboxylic acids is 1. The average Bonchev–Trinajstić information content (AvgIpc) is 2.25. The van der Waals surface area contributed by atoms with Gasteiger partial charge in [0.1, 0.15) is 11.4 Å². The van der Waals surface area contributed by atoms with Crippen LogP contribution in [-0.2, 0) is 11.3 Å². The van der Waals surface area contributed by atoms with E-state index in [0.717, 1.165) is 5.56 Å². The number of methoxy groups -OCH3 is 1. The first kappa shape index (κ1) is 14.2. The Balaban J connectivity index is 2.56. The van der Waals surface area contributed by atoms with Gasteiger partial charge in [0.05, 0.1) is 12.8 Å². The van der Waals surface area contributed by atoms with Crippen molar-refractivity contribution in [3.8, 4) is 5.75 Å². The highest BCUT2D eigenvalue weighted by Gasteiger charge is 2.15. The number of benzene rings is 1. The molecular formula is C13H20N2O3. The normalized spacial score (nSPS) is 10.9. The molecule has 0 fully saturated rings. The smallest absolute Gasteiger partial charge is 0.407 e. The summed E-state index contributed by atoms with van der Waals surface area (Å²) < 4.78 is 10.2. The van der Waals surface area contributed by atoms with E-state index in [1.807, 2.05) is 26.8 Å². The van der Waals surface area contributed by atoms with Crippen LogP contribution in [0.15, 0.2) is 18.2 Å². The summed E-state index contributed by atoms with van der Waals surface area (Å²) in [5.74, 6) is 0.596. The molecule has 0 aliphatic rings. The number of rotatable bonds is 3. The monoisotopic (exact) mass is 252 g/mol. The van der Waals surface area contributed by atoms with Gasteiger partial charge < -0.3 is 20.5 Å². The van der Waals surface area contributed by atoms with Crippen LogP contribution in [0.4, 0.5) is 10.5 Å². The van der Waals surface area contributed by atoms with Crippen LogP contribution in [0.25, 0.3) is 0 Å². The van der Waals surface area contributed by atoms with Crippen molar-refractivity contribution in [3.05, 3.63) is 23.8 Å². The molecule has 0 unspecified atom stereocenters. The van der Waals surface area contributed by atoms with Gasteiger partial charge in [-0.3, -0.25) is 0 Å². The quantitative estimate of drug-likeness (QED) is 0.809. The third-order valence-corrected chi connectivity index (χ3v) is 2.13. The molecule has 0 bridgehead atoms. The summed E-state index contributed by atoms with van der Waals surface area (Å²) in [4.78, 5) is 11.5. The van der Waals surface area contributed by atoms with Crippen molar-refractivity contribution in [1.82, 2.24) is 5.32 Å². The van der Waals surface area contributed by atoms with Crippen molar-refractivity contribution in [3.63, 3.8) is 0 Å². The van der Waals surface area contributed by atoms with E-state index in [0.29, 0.717) is 18.0 Å². The Morgan fingerprint density at radius 2 is 2.06 bits per heavy atom. The summed E-state index contributed by atoms with van der Waals surface area (Å²) in [7, 11) is 1.55. The van der Waals surface area contributed by atoms with Crippen molar-refractivity contribution in [2.24, 2.45) is 0 Å². The summed E-state index contributed by atoms with van der Waals surface area (Å²) in [6, 6.07) is 5.35. The van der Waals surface area contributed by atoms with Crippen LogP contribution >= 0.6 is 0 Å². The number of anilines is 1. The van der Waals surface area contributed by atoms with Gasteiger partial charge >= 0.3 is 6.09 Å². The topological polar surface area (TPSA) is 73.6 Å². The van der Waals surface area contributed by atoms with Crippen LogP contribution in [0, 0.1) is 0 Å². The zero-order valence-electron chi connectivity index (χ0n) is 11.2. The lowest BCUT2D eigenvalue weighted by Crippen LogP contribution is -2.32. The lowest BCUT2D eigenvalue weighted by Gasteiger charge is -2.19. The van der Waals surface area contributed by atoms with E-state index in [4.69, 9.17) is 15.2 Å². The lowest BCUT2D eigenvalue weighted by atomic mass is 10.2. The Morgan fingerprint density at radius 1 is 1.39 bits per heavy atom. The molecule has 0 saturated heterocycles. The Hall–Kier alpha value is -1.91. The average molecular weight is 252 g/mol. The SMILES string of the molecule is COc1cc(CNC(=O)OC(C)(C)C)ccc1N. The predicted octanol–water partition coefficient (Wildman–Crippen LogP) is 2.30. The zero-order valence-corrected chi connectivity index (χ0v) is 11.2. The summed E-state index contributed by atoms with van der Waals surface area (Å²) in [5, 5.41) is 2.67. The molecule has 5 heteroatoms. The van der Waals surface area contributed by atoms with Crippen LogP contribution < -0.4 is 15.8 Å². The number of nitrogens with one attached hydrogen (secondary N) is 1. The highest BCUT2D eigenvalue weighted by atomic mass is 16.6. The van der Waals surface area contributed by atoms with Gasteiger partial charge in [0.2, 0.25) is 0 Å². The van der Waals surface area contributed by atoms with E-state index in [-0.39, 0.29) is 0 Å². The third-order valence-electron chi connectivity index (χ3n) is 2.13. The number of nitrogens with two attached hydrogens (primary N) is 1. The summed E-state index contributed by atoms with van der Waals surface area (Å²) in [5.41, 5.74) is 6.67. The highest BCUT2D eigenvalue weighted by Crippen LogP contribution is 2.22. The van der Waals surface area contributed by atoms with Crippen LogP contribution in [0.2, 0.25) is 0 Å². The van der Waals surface area contributed by atoms with E-state index in [9.17, 15) is 4.79 Å². The number of hydrogen-bond acceptors (Lipinski definition) is 4. The van der Waals surface area contributed by atoms with Crippen molar-refractivity contribution < 1.29 is 14.3 Å². The van der Waals surface area contributed by atoms with Crippen molar-refractivity contribution in [1.29, 1.82) is 0 Å². The molecule has 0 aliphatic heterocycles. The van der Waals surface area contributed by atoms with Gasteiger partial charge in [0.15, 0.2) is 0 Å². The maximum atomic E-state index is 11.5. The van der Waals surface area contributed by atoms with Gasteiger partial charge in [0, 0.05) is 6.54 Å². The fourth-order valence-electron chi connectivity index (χ4n) is 1.35. The molecule has 0 saturated carbocycles. The van der Waals surface area contributed by atoms with Crippen LogP contribution in [0.3, 0.4) is 0 Å². The minimum absolute atomic E-state index is 0.367. The van der Waals surface area contributed by atoms with Crippen molar-refractivity contribution >= 4 is 11.8 Å². The fraction of sp³-hybridized carbons (Fsp3) is 0.462. The van der Waals surface area contributed by atoms with Gasteiger partial charge in [-0.1, -0.05) is 6.07 Å². The molecule has 0 radical (unpaired) electrons. The summed E-state index contributed by atoms with van der Waals surface area (Å²) in [6.45, 7) is 5.82. The molecule has 3 N–H and O–H groups in total. The van der Waals surface area contributed by atoms with Gasteiger partial charge in [-0.15, -0.1) is 0 Å². The molecule has 1 rings (SSSR count). The van der Waals surface area contributed by atoms with E-state index < -0.39 is 11.7 Å². The standard InChI is InChI=1S/C13H20N2O3/c1-13(2,3)18-12(16)15-8-9-5-6-10(14)11(7-9)17-4/h5-7H,8,14H2,1-4H3,(H,15,16). The Bertz CT molecular complexity index is 425. The van der Waals surface area contributed by atoms with Gasteiger partial charge in [-0.05, 0) is 38.5 Å². The molecule has 5 nitrogen and oxygen atoms in total. The molecule has 1 aromatic carbocycles. The first-order valence-corrected chi connectivity index (χ1v) is 5.71. The first-order chi connectivity index (χ1) is 8.31. The molecule has 0 aliphatic carbocycles. The molecule has 1 aromatic rings. The summed E-state index contributed by atoms with van der Waals surface area (Å²) in [6.07, 6.45) is -0.446. The number of amides is 1. The van der Waals surface area contributed by atoms with E-state index in [1.54, 1.807) is 19.2 Å². The Morgan fingerprint density at radius 3 is 2.61 bits per heavy atom. The molecule has 1 amide bonds. The predicted molar refractivity (Wildman–Crippen MR) is 70.5 cm³/mol. The van der Waals surface area contributed by atoms with E-state index in [2.05, 4.69) is 5.32 Å².